The van der Waals surface area contributed by atoms with E-state index in [1.165, 1.54) is 42.5 Å². The van der Waals surface area contributed by atoms with E-state index in [1.807, 2.05) is 0 Å². The summed E-state index contributed by atoms with van der Waals surface area (Å²) in [7, 11) is -3.94. The van der Waals surface area contributed by atoms with Gasteiger partial charge in [0.1, 0.15) is 0 Å². The molecule has 0 saturated heterocycles. The predicted octanol–water partition coefficient (Wildman–Crippen LogP) is 4.21. The second kappa shape index (κ2) is 8.12. The smallest absolute Gasteiger partial charge is 0.269 e. The van der Waals surface area contributed by atoms with Crippen molar-refractivity contribution in [2.75, 3.05) is 0 Å². The Morgan fingerprint density at radius 3 is 2.38 bits per heavy atom. The zero-order valence-electron chi connectivity index (χ0n) is 15.8. The monoisotopic (exact) mass is 436 g/mol. The Bertz CT molecular complexity index is 1030. The number of sulfone groups is 1. The Balaban J connectivity index is 1.91. The molecule has 1 aliphatic carbocycles. The number of hydrogen-bond donors (Lipinski definition) is 1. The van der Waals surface area contributed by atoms with E-state index in [-0.39, 0.29) is 23.4 Å². The molecule has 3 rings (SSSR count). The molecule has 9 heteroatoms. The van der Waals surface area contributed by atoms with Crippen molar-refractivity contribution in [3.63, 3.8) is 0 Å². The van der Waals surface area contributed by atoms with Crippen LogP contribution in [0, 0.1) is 10.1 Å². The Morgan fingerprint density at radius 1 is 1.17 bits per heavy atom. The number of carbonyl (C=O) groups is 1. The molecule has 2 aromatic carbocycles. The van der Waals surface area contributed by atoms with Crippen LogP contribution in [0.5, 0.6) is 0 Å². The molecule has 1 amide bonds. The van der Waals surface area contributed by atoms with E-state index in [4.69, 9.17) is 11.6 Å². The van der Waals surface area contributed by atoms with Gasteiger partial charge in [0, 0.05) is 17.2 Å². The molecule has 0 aliphatic heterocycles. The van der Waals surface area contributed by atoms with Crippen LogP contribution in [0.4, 0.5) is 5.69 Å². The Labute approximate surface area is 174 Å². The van der Waals surface area contributed by atoms with Crippen LogP contribution < -0.4 is 5.32 Å². The largest absolute Gasteiger partial charge is 0.348 e. The van der Waals surface area contributed by atoms with Gasteiger partial charge in [-0.1, -0.05) is 36.6 Å². The van der Waals surface area contributed by atoms with Crippen LogP contribution in [0.3, 0.4) is 0 Å². The first-order valence-electron chi connectivity index (χ1n) is 9.23. The fourth-order valence-electron chi connectivity index (χ4n) is 3.72. The van der Waals surface area contributed by atoms with E-state index < -0.39 is 31.5 Å². The van der Waals surface area contributed by atoms with E-state index in [9.17, 15) is 23.3 Å². The maximum atomic E-state index is 13.4. The summed E-state index contributed by atoms with van der Waals surface area (Å²) in [5.41, 5.74) is 0.442. The minimum absolute atomic E-state index is 0.0574. The van der Waals surface area contributed by atoms with Crippen LogP contribution in [0.25, 0.3) is 0 Å². The average Bonchev–Trinajstić information content (AvgIpc) is 3.20. The van der Waals surface area contributed by atoms with Crippen molar-refractivity contribution >= 4 is 33.0 Å². The predicted molar refractivity (Wildman–Crippen MR) is 109 cm³/mol. The lowest BCUT2D eigenvalue weighted by Crippen LogP contribution is -2.51. The van der Waals surface area contributed by atoms with E-state index in [2.05, 4.69) is 5.32 Å². The summed E-state index contributed by atoms with van der Waals surface area (Å²) in [6.07, 6.45) is 1.72. The van der Waals surface area contributed by atoms with Gasteiger partial charge in [0.25, 0.3) is 5.69 Å². The number of nitro benzene ring substituents is 1. The van der Waals surface area contributed by atoms with Gasteiger partial charge in [-0.15, -0.1) is 0 Å². The lowest BCUT2D eigenvalue weighted by atomic mass is 10.0. The fourth-order valence-corrected chi connectivity index (χ4v) is 5.92. The zero-order chi connectivity index (χ0) is 21.2. The Kier molecular flexibility index (Phi) is 5.95. The summed E-state index contributed by atoms with van der Waals surface area (Å²) in [6, 6.07) is 11.1. The van der Waals surface area contributed by atoms with Gasteiger partial charge in [0.05, 0.1) is 15.9 Å². The molecule has 1 unspecified atom stereocenters. The maximum absolute atomic E-state index is 13.4. The quantitative estimate of drug-likeness (QED) is 0.539. The molecule has 0 spiro atoms. The summed E-state index contributed by atoms with van der Waals surface area (Å²) >= 11 is 5.87. The Morgan fingerprint density at radius 2 is 1.79 bits per heavy atom. The molecule has 7 nitrogen and oxygen atoms in total. The van der Waals surface area contributed by atoms with Gasteiger partial charge in [0.2, 0.25) is 5.91 Å². The second-order valence-electron chi connectivity index (χ2n) is 7.21. The summed E-state index contributed by atoms with van der Waals surface area (Å²) < 4.78 is 25.2. The standard InChI is InChI=1S/C20H21ClN2O5S/c1-14(15-5-4-6-17(13-15)23(25)26)22-19(24)20(11-2-3-12-20)29(27,28)18-9-7-16(21)8-10-18/h4-10,13-14H,2-3,11-12H2,1H3,(H,22,24). The third kappa shape index (κ3) is 4.00. The number of nitrogens with zero attached hydrogens (tertiary/aromatic N) is 1. The molecular weight excluding hydrogens is 416 g/mol. The number of nitro groups is 1. The molecule has 0 heterocycles. The number of carbonyl (C=O) groups excluding carboxylic acids is 1. The lowest BCUT2D eigenvalue weighted by molar-refractivity contribution is -0.384. The minimum atomic E-state index is -3.94. The van der Waals surface area contributed by atoms with Gasteiger partial charge in [-0.3, -0.25) is 14.9 Å². The van der Waals surface area contributed by atoms with E-state index in [0.29, 0.717) is 23.4 Å². The van der Waals surface area contributed by atoms with Crippen LogP contribution in [-0.4, -0.2) is 24.0 Å². The molecule has 2 aromatic rings. The van der Waals surface area contributed by atoms with Crippen LogP contribution in [0.1, 0.15) is 44.2 Å². The normalized spacial score (nSPS) is 16.9. The lowest BCUT2D eigenvalue weighted by Gasteiger charge is -2.29. The van der Waals surface area contributed by atoms with Crippen molar-refractivity contribution in [2.45, 2.75) is 48.3 Å². The molecular formula is C20H21ClN2O5S. The van der Waals surface area contributed by atoms with Gasteiger partial charge in [0.15, 0.2) is 14.6 Å². The number of benzene rings is 2. The Hall–Kier alpha value is -2.45. The summed E-state index contributed by atoms with van der Waals surface area (Å²) in [5, 5.41) is 14.2. The van der Waals surface area contributed by atoms with Crippen molar-refractivity contribution in [2.24, 2.45) is 0 Å². The molecule has 1 saturated carbocycles. The molecule has 1 aliphatic rings. The van der Waals surface area contributed by atoms with Crippen molar-refractivity contribution < 1.29 is 18.1 Å². The van der Waals surface area contributed by atoms with E-state index in [1.54, 1.807) is 13.0 Å². The number of rotatable bonds is 6. The highest BCUT2D eigenvalue weighted by molar-refractivity contribution is 7.93. The molecule has 0 bridgehead atoms. The van der Waals surface area contributed by atoms with Crippen molar-refractivity contribution in [1.29, 1.82) is 0 Å². The fraction of sp³-hybridized carbons (Fsp3) is 0.350. The van der Waals surface area contributed by atoms with Crippen LogP contribution in [0.15, 0.2) is 53.4 Å². The molecule has 1 fully saturated rings. The second-order valence-corrected chi connectivity index (χ2v) is 9.90. The highest BCUT2D eigenvalue weighted by Crippen LogP contribution is 2.41. The van der Waals surface area contributed by atoms with Crippen molar-refractivity contribution in [3.05, 3.63) is 69.2 Å². The first-order chi connectivity index (χ1) is 13.7. The maximum Gasteiger partial charge on any atom is 0.269 e. The number of amides is 1. The van der Waals surface area contributed by atoms with Gasteiger partial charge in [-0.25, -0.2) is 8.42 Å². The highest BCUT2D eigenvalue weighted by Gasteiger charge is 2.53. The number of halogens is 1. The SMILES string of the molecule is CC(NC(=O)C1(S(=O)(=O)c2ccc(Cl)cc2)CCCC1)c1cccc([N+](=O)[O-])c1. The topological polar surface area (TPSA) is 106 Å². The summed E-state index contributed by atoms with van der Waals surface area (Å²) in [4.78, 5) is 23.8. The summed E-state index contributed by atoms with van der Waals surface area (Å²) in [5.74, 6) is -0.580. The highest BCUT2D eigenvalue weighted by atomic mass is 35.5. The number of non-ortho nitro benzene ring substituents is 1. The molecule has 0 radical (unpaired) electrons. The minimum Gasteiger partial charge on any atom is -0.348 e. The van der Waals surface area contributed by atoms with Gasteiger partial charge >= 0.3 is 0 Å². The third-order valence-electron chi connectivity index (χ3n) is 5.39. The van der Waals surface area contributed by atoms with Crippen molar-refractivity contribution in [1.82, 2.24) is 5.32 Å². The number of nitrogens with one attached hydrogen (secondary N) is 1. The zero-order valence-corrected chi connectivity index (χ0v) is 17.4. The van der Waals surface area contributed by atoms with E-state index in [0.717, 1.165) is 0 Å². The number of hydrogen-bond acceptors (Lipinski definition) is 5. The molecule has 1 atom stereocenters. The first-order valence-corrected chi connectivity index (χ1v) is 11.1. The molecule has 29 heavy (non-hydrogen) atoms. The average molecular weight is 437 g/mol. The third-order valence-corrected chi connectivity index (χ3v) is 8.16. The molecule has 154 valence electrons. The van der Waals surface area contributed by atoms with Crippen LogP contribution in [-0.2, 0) is 14.6 Å². The van der Waals surface area contributed by atoms with Crippen LogP contribution in [0.2, 0.25) is 5.02 Å². The first kappa shape index (κ1) is 21.3. The van der Waals surface area contributed by atoms with Gasteiger partial charge in [-0.05, 0) is 49.6 Å². The van der Waals surface area contributed by atoms with Crippen molar-refractivity contribution in [3.8, 4) is 0 Å². The molecule has 0 aromatic heterocycles. The van der Waals surface area contributed by atoms with Crippen LogP contribution >= 0.6 is 11.6 Å². The summed E-state index contributed by atoms with van der Waals surface area (Å²) in [6.45, 7) is 1.68. The van der Waals surface area contributed by atoms with Gasteiger partial charge < -0.3 is 5.32 Å². The van der Waals surface area contributed by atoms with Gasteiger partial charge in [-0.2, -0.15) is 0 Å². The van der Waals surface area contributed by atoms with E-state index >= 15 is 0 Å². The molecule has 1 N–H and O–H groups in total.